The summed E-state index contributed by atoms with van der Waals surface area (Å²) in [7, 11) is 0. The van der Waals surface area contributed by atoms with Gasteiger partial charge in [-0.05, 0) is 55.2 Å². The standard InChI is InChI=1S/C16H20O2/c17-15(18)16(8-1-2-9-16)11-12-6-7-13-4-3-5-14(13)10-12/h6-7,10H,1-5,8-9,11H2,(H,17,18). The average Bonchev–Trinajstić information content (AvgIpc) is 2.97. The van der Waals surface area contributed by atoms with Crippen molar-refractivity contribution in [3.63, 3.8) is 0 Å². The van der Waals surface area contributed by atoms with E-state index >= 15 is 0 Å². The highest BCUT2D eigenvalue weighted by Gasteiger charge is 2.41. The van der Waals surface area contributed by atoms with Crippen molar-refractivity contribution >= 4 is 5.97 Å². The van der Waals surface area contributed by atoms with Gasteiger partial charge >= 0.3 is 5.97 Å². The molecular weight excluding hydrogens is 224 g/mol. The highest BCUT2D eigenvalue weighted by Crippen LogP contribution is 2.41. The molecule has 3 rings (SSSR count). The molecule has 0 aliphatic heterocycles. The van der Waals surface area contributed by atoms with Crippen LogP contribution in [0, 0.1) is 5.41 Å². The highest BCUT2D eigenvalue weighted by molar-refractivity contribution is 5.75. The van der Waals surface area contributed by atoms with E-state index in [1.165, 1.54) is 36.0 Å². The first-order valence-corrected chi connectivity index (χ1v) is 7.04. The maximum atomic E-state index is 11.6. The Hall–Kier alpha value is -1.31. The Bertz CT molecular complexity index is 470. The van der Waals surface area contributed by atoms with Crippen LogP contribution in [0.15, 0.2) is 18.2 Å². The van der Waals surface area contributed by atoms with Gasteiger partial charge in [-0.15, -0.1) is 0 Å². The Balaban J connectivity index is 1.85. The number of hydrogen-bond acceptors (Lipinski definition) is 1. The van der Waals surface area contributed by atoms with Gasteiger partial charge in [0.1, 0.15) is 0 Å². The molecule has 0 radical (unpaired) electrons. The van der Waals surface area contributed by atoms with Crippen molar-refractivity contribution < 1.29 is 9.90 Å². The van der Waals surface area contributed by atoms with Crippen LogP contribution in [0.4, 0.5) is 0 Å². The summed E-state index contributed by atoms with van der Waals surface area (Å²) < 4.78 is 0. The lowest BCUT2D eigenvalue weighted by molar-refractivity contribution is -0.148. The molecule has 2 nitrogen and oxygen atoms in total. The van der Waals surface area contributed by atoms with Gasteiger partial charge in [-0.1, -0.05) is 31.0 Å². The summed E-state index contributed by atoms with van der Waals surface area (Å²) in [6.45, 7) is 0. The van der Waals surface area contributed by atoms with Crippen molar-refractivity contribution in [1.29, 1.82) is 0 Å². The van der Waals surface area contributed by atoms with E-state index < -0.39 is 11.4 Å². The summed E-state index contributed by atoms with van der Waals surface area (Å²) in [5.74, 6) is -0.597. The van der Waals surface area contributed by atoms with Crippen molar-refractivity contribution in [2.24, 2.45) is 5.41 Å². The molecular formula is C16H20O2. The topological polar surface area (TPSA) is 37.3 Å². The van der Waals surface area contributed by atoms with Crippen molar-refractivity contribution in [3.05, 3.63) is 34.9 Å². The van der Waals surface area contributed by atoms with Gasteiger partial charge in [0.2, 0.25) is 0 Å². The number of rotatable bonds is 3. The van der Waals surface area contributed by atoms with E-state index in [4.69, 9.17) is 0 Å². The van der Waals surface area contributed by atoms with E-state index in [-0.39, 0.29) is 0 Å². The summed E-state index contributed by atoms with van der Waals surface area (Å²) in [6, 6.07) is 6.61. The van der Waals surface area contributed by atoms with Crippen LogP contribution in [0.5, 0.6) is 0 Å². The number of aryl methyl sites for hydroxylation is 2. The van der Waals surface area contributed by atoms with Gasteiger partial charge in [0.05, 0.1) is 5.41 Å². The van der Waals surface area contributed by atoms with E-state index in [9.17, 15) is 9.90 Å². The van der Waals surface area contributed by atoms with E-state index in [1.54, 1.807) is 0 Å². The number of benzene rings is 1. The monoisotopic (exact) mass is 244 g/mol. The fourth-order valence-corrected chi connectivity index (χ4v) is 3.64. The Morgan fingerprint density at radius 2 is 1.83 bits per heavy atom. The molecule has 1 saturated carbocycles. The number of fused-ring (bicyclic) bond motifs is 1. The molecule has 0 atom stereocenters. The Morgan fingerprint density at radius 3 is 2.56 bits per heavy atom. The smallest absolute Gasteiger partial charge is 0.309 e. The zero-order chi connectivity index (χ0) is 12.6. The van der Waals surface area contributed by atoms with Gasteiger partial charge in [0, 0.05) is 0 Å². The number of hydrogen-bond donors (Lipinski definition) is 1. The summed E-state index contributed by atoms with van der Waals surface area (Å²) in [6.07, 6.45) is 8.16. The molecule has 0 spiro atoms. The van der Waals surface area contributed by atoms with Crippen LogP contribution in [-0.2, 0) is 24.1 Å². The van der Waals surface area contributed by atoms with Crippen LogP contribution in [0.3, 0.4) is 0 Å². The van der Waals surface area contributed by atoms with Gasteiger partial charge in [-0.3, -0.25) is 4.79 Å². The molecule has 1 aromatic rings. The largest absolute Gasteiger partial charge is 0.481 e. The predicted molar refractivity (Wildman–Crippen MR) is 70.7 cm³/mol. The molecule has 0 bridgehead atoms. The summed E-state index contributed by atoms with van der Waals surface area (Å²) in [4.78, 5) is 11.6. The summed E-state index contributed by atoms with van der Waals surface area (Å²) in [5.41, 5.74) is 3.66. The number of aliphatic carboxylic acids is 1. The van der Waals surface area contributed by atoms with Gasteiger partial charge < -0.3 is 5.11 Å². The van der Waals surface area contributed by atoms with Crippen LogP contribution in [0.1, 0.15) is 48.8 Å². The first-order valence-electron chi connectivity index (χ1n) is 7.04. The quantitative estimate of drug-likeness (QED) is 0.885. The highest BCUT2D eigenvalue weighted by atomic mass is 16.4. The molecule has 18 heavy (non-hydrogen) atoms. The third-order valence-electron chi connectivity index (χ3n) is 4.72. The molecule has 1 aromatic carbocycles. The van der Waals surface area contributed by atoms with Crippen molar-refractivity contribution in [1.82, 2.24) is 0 Å². The van der Waals surface area contributed by atoms with E-state index in [0.717, 1.165) is 32.1 Å². The molecule has 2 heteroatoms. The molecule has 1 N–H and O–H groups in total. The normalized spacial score (nSPS) is 20.9. The zero-order valence-electron chi connectivity index (χ0n) is 10.7. The number of carbonyl (C=O) groups is 1. The Kier molecular flexibility index (Phi) is 2.89. The maximum Gasteiger partial charge on any atom is 0.309 e. The maximum absolute atomic E-state index is 11.6. The molecule has 0 saturated heterocycles. The van der Waals surface area contributed by atoms with Crippen LogP contribution in [-0.4, -0.2) is 11.1 Å². The van der Waals surface area contributed by atoms with Gasteiger partial charge in [-0.25, -0.2) is 0 Å². The first-order chi connectivity index (χ1) is 8.70. The molecule has 0 heterocycles. The van der Waals surface area contributed by atoms with E-state index in [2.05, 4.69) is 18.2 Å². The molecule has 96 valence electrons. The van der Waals surface area contributed by atoms with Crippen molar-refractivity contribution in [2.75, 3.05) is 0 Å². The lowest BCUT2D eigenvalue weighted by Crippen LogP contribution is -2.30. The van der Waals surface area contributed by atoms with E-state index in [1.807, 2.05) is 0 Å². The van der Waals surface area contributed by atoms with Crippen molar-refractivity contribution in [2.45, 2.75) is 51.4 Å². The minimum atomic E-state index is -0.597. The fourth-order valence-electron chi connectivity index (χ4n) is 3.64. The second kappa shape index (κ2) is 4.42. The van der Waals surface area contributed by atoms with Crippen molar-refractivity contribution in [3.8, 4) is 0 Å². The molecule has 2 aliphatic rings. The second-order valence-corrected chi connectivity index (χ2v) is 5.93. The van der Waals surface area contributed by atoms with Gasteiger partial charge in [0.15, 0.2) is 0 Å². The SMILES string of the molecule is O=C(O)C1(Cc2ccc3c(c2)CCC3)CCCC1. The van der Waals surface area contributed by atoms with Gasteiger partial charge in [-0.2, -0.15) is 0 Å². The Morgan fingerprint density at radius 1 is 1.11 bits per heavy atom. The first kappa shape index (κ1) is 11.8. The van der Waals surface area contributed by atoms with Gasteiger partial charge in [0.25, 0.3) is 0 Å². The van der Waals surface area contributed by atoms with Crippen LogP contribution < -0.4 is 0 Å². The number of carboxylic acids is 1. The third-order valence-corrected chi connectivity index (χ3v) is 4.72. The van der Waals surface area contributed by atoms with Crippen LogP contribution in [0.2, 0.25) is 0 Å². The summed E-state index contributed by atoms with van der Waals surface area (Å²) >= 11 is 0. The molecule has 0 aromatic heterocycles. The van der Waals surface area contributed by atoms with Crippen LogP contribution in [0.25, 0.3) is 0 Å². The third kappa shape index (κ3) is 1.94. The lowest BCUT2D eigenvalue weighted by atomic mass is 9.80. The average molecular weight is 244 g/mol. The predicted octanol–water partition coefficient (Wildman–Crippen LogP) is 3.36. The molecule has 0 unspecified atom stereocenters. The van der Waals surface area contributed by atoms with E-state index in [0.29, 0.717) is 0 Å². The van der Waals surface area contributed by atoms with Crippen LogP contribution >= 0.6 is 0 Å². The fraction of sp³-hybridized carbons (Fsp3) is 0.562. The molecule has 2 aliphatic carbocycles. The minimum Gasteiger partial charge on any atom is -0.481 e. The minimum absolute atomic E-state index is 0.479. The molecule has 0 amide bonds. The zero-order valence-corrected chi connectivity index (χ0v) is 10.7. The Labute approximate surface area is 108 Å². The lowest BCUT2D eigenvalue weighted by Gasteiger charge is -2.24. The summed E-state index contributed by atoms with van der Waals surface area (Å²) in [5, 5.41) is 9.52. The second-order valence-electron chi connectivity index (χ2n) is 5.93. The number of carboxylic acid groups (broad SMARTS) is 1. The molecule has 1 fully saturated rings.